The van der Waals surface area contributed by atoms with Crippen molar-refractivity contribution in [3.8, 4) is 11.8 Å². The maximum absolute atomic E-state index is 11.0. The molecule has 0 aliphatic heterocycles. The highest BCUT2D eigenvalue weighted by molar-refractivity contribution is 5.93. The Morgan fingerprint density at radius 1 is 1.17 bits per heavy atom. The normalized spacial score (nSPS) is 9.39. The average Bonchev–Trinajstić information content (AvgIpc) is 2.34. The van der Waals surface area contributed by atoms with Crippen molar-refractivity contribution in [3.63, 3.8) is 0 Å². The second kappa shape index (κ2) is 6.45. The van der Waals surface area contributed by atoms with Crippen LogP contribution in [-0.4, -0.2) is 22.2 Å². The summed E-state index contributed by atoms with van der Waals surface area (Å²) in [5.74, 6) is 3.69. The molecule has 1 rings (SSSR count). The van der Waals surface area contributed by atoms with Gasteiger partial charge in [0, 0.05) is 12.8 Å². The molecule has 0 saturated heterocycles. The van der Waals surface area contributed by atoms with E-state index in [1.54, 1.807) is 0 Å². The van der Waals surface area contributed by atoms with E-state index in [0.717, 1.165) is 6.42 Å². The summed E-state index contributed by atoms with van der Waals surface area (Å²) in [6, 6.07) is 4.03. The van der Waals surface area contributed by atoms with Crippen LogP contribution in [-0.2, 0) is 6.42 Å². The van der Waals surface area contributed by atoms with Crippen LogP contribution >= 0.6 is 0 Å². The summed E-state index contributed by atoms with van der Waals surface area (Å²) < 4.78 is 0. The lowest BCUT2D eigenvalue weighted by Gasteiger charge is -2.05. The summed E-state index contributed by atoms with van der Waals surface area (Å²) in [5, 5.41) is 17.9. The fourth-order valence-corrected chi connectivity index (χ4v) is 1.55. The van der Waals surface area contributed by atoms with Crippen LogP contribution in [0.15, 0.2) is 18.2 Å². The van der Waals surface area contributed by atoms with Crippen LogP contribution in [0.3, 0.4) is 0 Å². The van der Waals surface area contributed by atoms with E-state index in [-0.39, 0.29) is 11.1 Å². The van der Waals surface area contributed by atoms with Crippen molar-refractivity contribution in [2.75, 3.05) is 0 Å². The fraction of sp³-hybridized carbons (Fsp3) is 0.286. The number of hydrogen-bond acceptors (Lipinski definition) is 2. The first-order valence-electron chi connectivity index (χ1n) is 5.61. The molecule has 1 aromatic rings. The smallest absolute Gasteiger partial charge is 0.335 e. The minimum atomic E-state index is -1.06. The lowest BCUT2D eigenvalue weighted by Crippen LogP contribution is -2.05. The van der Waals surface area contributed by atoms with Gasteiger partial charge in [-0.2, -0.15) is 0 Å². The summed E-state index contributed by atoms with van der Waals surface area (Å²) in [4.78, 5) is 21.8. The minimum absolute atomic E-state index is 0.0958. The zero-order valence-electron chi connectivity index (χ0n) is 10.1. The Morgan fingerprint density at radius 2 is 1.89 bits per heavy atom. The van der Waals surface area contributed by atoms with Gasteiger partial charge in [-0.25, -0.2) is 9.59 Å². The van der Waals surface area contributed by atoms with Crippen molar-refractivity contribution in [1.29, 1.82) is 0 Å². The third-order valence-electron chi connectivity index (χ3n) is 2.40. The largest absolute Gasteiger partial charge is 0.478 e. The van der Waals surface area contributed by atoms with E-state index in [4.69, 9.17) is 10.2 Å². The van der Waals surface area contributed by atoms with E-state index in [9.17, 15) is 9.59 Å². The van der Waals surface area contributed by atoms with Crippen molar-refractivity contribution < 1.29 is 19.8 Å². The predicted octanol–water partition coefficient (Wildman–Crippen LogP) is 2.43. The molecule has 4 heteroatoms. The number of benzene rings is 1. The molecule has 4 nitrogen and oxygen atoms in total. The second-order valence-corrected chi connectivity index (χ2v) is 3.69. The van der Waals surface area contributed by atoms with Crippen molar-refractivity contribution in [2.45, 2.75) is 26.2 Å². The van der Waals surface area contributed by atoms with E-state index >= 15 is 0 Å². The van der Waals surface area contributed by atoms with Crippen LogP contribution in [0.2, 0.25) is 0 Å². The maximum atomic E-state index is 11.0. The molecule has 0 aromatic heterocycles. The number of carbonyl (C=O) groups is 2. The molecule has 0 spiro atoms. The molecule has 0 heterocycles. The van der Waals surface area contributed by atoms with Crippen LogP contribution in [0.4, 0.5) is 0 Å². The minimum Gasteiger partial charge on any atom is -0.478 e. The Hall–Kier alpha value is -2.28. The SMILES string of the molecule is CCC#CCCc1cc(C(=O)O)ccc1C(=O)O. The number of aromatic carboxylic acids is 2. The molecule has 0 amide bonds. The van der Waals surface area contributed by atoms with Crippen molar-refractivity contribution >= 4 is 11.9 Å². The molecule has 1 aromatic carbocycles. The van der Waals surface area contributed by atoms with Gasteiger partial charge in [0.1, 0.15) is 0 Å². The fourth-order valence-electron chi connectivity index (χ4n) is 1.55. The van der Waals surface area contributed by atoms with E-state index in [1.807, 2.05) is 6.92 Å². The lowest BCUT2D eigenvalue weighted by atomic mass is 10.00. The van der Waals surface area contributed by atoms with Gasteiger partial charge < -0.3 is 10.2 Å². The monoisotopic (exact) mass is 246 g/mol. The predicted molar refractivity (Wildman–Crippen MR) is 66.7 cm³/mol. The molecule has 0 radical (unpaired) electrons. The molecule has 94 valence electrons. The van der Waals surface area contributed by atoms with Crippen molar-refractivity contribution in [2.24, 2.45) is 0 Å². The molecule has 0 aliphatic carbocycles. The molecule has 0 saturated carbocycles. The van der Waals surface area contributed by atoms with Gasteiger partial charge in [0.15, 0.2) is 0 Å². The highest BCUT2D eigenvalue weighted by Crippen LogP contribution is 2.14. The highest BCUT2D eigenvalue weighted by Gasteiger charge is 2.12. The first-order chi connectivity index (χ1) is 8.56. The van der Waals surface area contributed by atoms with Crippen LogP contribution in [0.25, 0.3) is 0 Å². The van der Waals surface area contributed by atoms with Crippen LogP contribution in [0, 0.1) is 11.8 Å². The number of rotatable bonds is 4. The number of aryl methyl sites for hydroxylation is 1. The number of hydrogen-bond donors (Lipinski definition) is 2. The first-order valence-corrected chi connectivity index (χ1v) is 5.61. The number of carboxylic acid groups (broad SMARTS) is 2. The van der Waals surface area contributed by atoms with Gasteiger partial charge in [-0.3, -0.25) is 0 Å². The van der Waals surface area contributed by atoms with Crippen molar-refractivity contribution in [1.82, 2.24) is 0 Å². The van der Waals surface area contributed by atoms with Crippen LogP contribution in [0.1, 0.15) is 46.0 Å². The highest BCUT2D eigenvalue weighted by atomic mass is 16.4. The van der Waals surface area contributed by atoms with Crippen LogP contribution in [0.5, 0.6) is 0 Å². The standard InChI is InChI=1S/C14H14O4/c1-2-3-4-5-6-10-9-11(13(15)16)7-8-12(10)14(17)18/h7-9H,2,5-6H2,1H3,(H,15,16)(H,17,18). The van der Waals surface area contributed by atoms with Gasteiger partial charge in [-0.15, -0.1) is 11.8 Å². The Morgan fingerprint density at radius 3 is 2.44 bits per heavy atom. The molecular formula is C14H14O4. The zero-order chi connectivity index (χ0) is 13.5. The van der Waals surface area contributed by atoms with E-state index in [0.29, 0.717) is 18.4 Å². The average molecular weight is 246 g/mol. The third-order valence-corrected chi connectivity index (χ3v) is 2.40. The quantitative estimate of drug-likeness (QED) is 0.800. The van der Waals surface area contributed by atoms with Gasteiger partial charge in [0.25, 0.3) is 0 Å². The summed E-state index contributed by atoms with van der Waals surface area (Å²) in [6.45, 7) is 1.93. The Bertz CT molecular complexity index is 520. The zero-order valence-corrected chi connectivity index (χ0v) is 10.1. The van der Waals surface area contributed by atoms with Gasteiger partial charge in [-0.05, 0) is 30.2 Å². The molecular weight excluding hydrogens is 232 g/mol. The molecule has 0 aliphatic rings. The Balaban J connectivity index is 3.00. The summed E-state index contributed by atoms with van der Waals surface area (Å²) >= 11 is 0. The summed E-state index contributed by atoms with van der Waals surface area (Å²) in [6.07, 6.45) is 1.72. The Kier molecular flexibility index (Phi) is 4.94. The summed E-state index contributed by atoms with van der Waals surface area (Å²) in [7, 11) is 0. The topological polar surface area (TPSA) is 74.6 Å². The van der Waals surface area contributed by atoms with Crippen molar-refractivity contribution in [3.05, 3.63) is 34.9 Å². The maximum Gasteiger partial charge on any atom is 0.335 e. The van der Waals surface area contributed by atoms with Gasteiger partial charge in [0.2, 0.25) is 0 Å². The first kappa shape index (κ1) is 13.8. The Labute approximate surface area is 105 Å². The second-order valence-electron chi connectivity index (χ2n) is 3.69. The molecule has 0 bridgehead atoms. The van der Waals surface area contributed by atoms with Gasteiger partial charge in [-0.1, -0.05) is 6.92 Å². The third kappa shape index (κ3) is 3.63. The van der Waals surface area contributed by atoms with Gasteiger partial charge >= 0.3 is 11.9 Å². The van der Waals surface area contributed by atoms with E-state index in [2.05, 4.69) is 11.8 Å². The molecule has 0 atom stereocenters. The number of carboxylic acids is 2. The van der Waals surface area contributed by atoms with E-state index < -0.39 is 11.9 Å². The molecule has 2 N–H and O–H groups in total. The van der Waals surface area contributed by atoms with E-state index in [1.165, 1.54) is 18.2 Å². The lowest BCUT2D eigenvalue weighted by molar-refractivity contribution is 0.0680. The molecule has 0 unspecified atom stereocenters. The molecule has 18 heavy (non-hydrogen) atoms. The van der Waals surface area contributed by atoms with Crippen LogP contribution < -0.4 is 0 Å². The van der Waals surface area contributed by atoms with Gasteiger partial charge in [0.05, 0.1) is 11.1 Å². The summed E-state index contributed by atoms with van der Waals surface area (Å²) in [5.41, 5.74) is 0.740. The molecule has 0 fully saturated rings.